The van der Waals surface area contributed by atoms with Crippen LogP contribution in [0.4, 0.5) is 4.39 Å². The molecule has 0 unspecified atom stereocenters. The van der Waals surface area contributed by atoms with Gasteiger partial charge in [-0.1, -0.05) is 44.2 Å². The number of carbonyl (C=O) groups is 1. The molecule has 0 aromatic heterocycles. The lowest BCUT2D eigenvalue weighted by atomic mass is 9.77. The second kappa shape index (κ2) is 8.94. The molecular formula is C24H35FN2O. The van der Waals surface area contributed by atoms with Gasteiger partial charge >= 0.3 is 0 Å². The summed E-state index contributed by atoms with van der Waals surface area (Å²) in [4.78, 5) is 15.9. The minimum absolute atomic E-state index is 0.169. The molecule has 154 valence electrons. The highest BCUT2D eigenvalue weighted by Crippen LogP contribution is 2.41. The summed E-state index contributed by atoms with van der Waals surface area (Å²) in [6.07, 6.45) is 13.0. The molecule has 3 aliphatic rings. The molecule has 1 aliphatic heterocycles. The highest BCUT2D eigenvalue weighted by Gasteiger charge is 2.43. The van der Waals surface area contributed by atoms with Crippen LogP contribution in [0.5, 0.6) is 0 Å². The van der Waals surface area contributed by atoms with Crippen LogP contribution in [-0.4, -0.2) is 36.5 Å². The van der Waals surface area contributed by atoms with Gasteiger partial charge in [-0.25, -0.2) is 4.39 Å². The molecule has 2 saturated carbocycles. The van der Waals surface area contributed by atoms with Gasteiger partial charge in [0.15, 0.2) is 0 Å². The number of hydrogen-bond donors (Lipinski definition) is 1. The van der Waals surface area contributed by atoms with Gasteiger partial charge in [0, 0.05) is 25.7 Å². The van der Waals surface area contributed by atoms with Crippen molar-refractivity contribution in [2.75, 3.05) is 19.6 Å². The number of hydrogen-bond acceptors (Lipinski definition) is 2. The third-order valence-corrected chi connectivity index (χ3v) is 7.45. The van der Waals surface area contributed by atoms with Crippen LogP contribution in [0.25, 0.3) is 0 Å². The Bertz CT molecular complexity index is 639. The fourth-order valence-electron chi connectivity index (χ4n) is 5.71. The molecule has 3 fully saturated rings. The average Bonchev–Trinajstić information content (AvgIpc) is 3.22. The minimum Gasteiger partial charge on any atom is -0.353 e. The van der Waals surface area contributed by atoms with Gasteiger partial charge in [-0.05, 0) is 62.1 Å². The first-order valence-electron chi connectivity index (χ1n) is 11.5. The Hall–Kier alpha value is -1.42. The molecule has 0 spiro atoms. The number of carbonyl (C=O) groups excluding carboxylic acids is 1. The van der Waals surface area contributed by atoms with E-state index in [0.29, 0.717) is 0 Å². The van der Waals surface area contributed by atoms with Crippen molar-refractivity contribution in [1.29, 1.82) is 0 Å². The number of halogens is 1. The Morgan fingerprint density at radius 1 is 0.964 bits per heavy atom. The Labute approximate surface area is 169 Å². The molecule has 4 rings (SSSR count). The zero-order valence-corrected chi connectivity index (χ0v) is 17.1. The summed E-state index contributed by atoms with van der Waals surface area (Å²) in [5, 5.41) is 3.38. The smallest absolute Gasteiger partial charge is 0.230 e. The fourth-order valence-corrected chi connectivity index (χ4v) is 5.71. The molecule has 1 amide bonds. The van der Waals surface area contributed by atoms with Crippen LogP contribution in [0.3, 0.4) is 0 Å². The van der Waals surface area contributed by atoms with Gasteiger partial charge in [0.05, 0.1) is 5.41 Å². The van der Waals surface area contributed by atoms with Gasteiger partial charge in [0.1, 0.15) is 5.82 Å². The van der Waals surface area contributed by atoms with Crippen molar-refractivity contribution < 1.29 is 9.18 Å². The first-order valence-corrected chi connectivity index (χ1v) is 11.5. The lowest BCUT2D eigenvalue weighted by Gasteiger charge is -2.37. The number of benzene rings is 1. The van der Waals surface area contributed by atoms with Crippen molar-refractivity contribution >= 4 is 5.91 Å². The summed E-state index contributed by atoms with van der Waals surface area (Å²) in [6.45, 7) is 3.45. The van der Waals surface area contributed by atoms with Gasteiger partial charge in [-0.15, -0.1) is 0 Å². The molecule has 0 bridgehead atoms. The summed E-state index contributed by atoms with van der Waals surface area (Å²) < 4.78 is 13.4. The van der Waals surface area contributed by atoms with E-state index < -0.39 is 5.41 Å². The first-order chi connectivity index (χ1) is 13.7. The normalized spacial score (nSPS) is 24.3. The molecule has 0 atom stereocenters. The summed E-state index contributed by atoms with van der Waals surface area (Å²) in [5.74, 6) is 0.824. The van der Waals surface area contributed by atoms with Crippen LogP contribution >= 0.6 is 0 Å². The summed E-state index contributed by atoms with van der Waals surface area (Å²) in [7, 11) is 0. The van der Waals surface area contributed by atoms with E-state index in [2.05, 4.69) is 10.2 Å². The summed E-state index contributed by atoms with van der Waals surface area (Å²) >= 11 is 0. The van der Waals surface area contributed by atoms with Crippen LogP contribution in [0.2, 0.25) is 0 Å². The number of rotatable bonds is 5. The maximum Gasteiger partial charge on any atom is 0.230 e. The first kappa shape index (κ1) is 19.9. The maximum atomic E-state index is 13.4. The highest BCUT2D eigenvalue weighted by molar-refractivity contribution is 5.88. The molecular weight excluding hydrogens is 351 g/mol. The Balaban J connectivity index is 1.32. The topological polar surface area (TPSA) is 32.3 Å². The minimum atomic E-state index is -0.451. The lowest BCUT2D eigenvalue weighted by Crippen LogP contribution is -2.51. The number of amides is 1. The van der Waals surface area contributed by atoms with E-state index in [0.717, 1.165) is 63.1 Å². The molecule has 1 aromatic carbocycles. The number of nitrogens with one attached hydrogen (secondary N) is 1. The third kappa shape index (κ3) is 4.42. The van der Waals surface area contributed by atoms with Crippen LogP contribution < -0.4 is 5.32 Å². The molecule has 3 nitrogen and oxygen atoms in total. The maximum absolute atomic E-state index is 13.4. The van der Waals surface area contributed by atoms with Crippen molar-refractivity contribution in [1.82, 2.24) is 10.2 Å². The Morgan fingerprint density at radius 3 is 2.25 bits per heavy atom. The van der Waals surface area contributed by atoms with Gasteiger partial charge in [-0.3, -0.25) is 4.79 Å². The molecule has 4 heteroatoms. The highest BCUT2D eigenvalue weighted by atomic mass is 19.1. The molecule has 1 heterocycles. The standard InChI is InChI=1S/C24H35FN2O/c25-21-10-8-20(9-11-21)24(14-4-5-15-24)23(28)26-22-12-16-27(17-13-22)18-19-6-2-1-3-7-19/h8-11,19,22H,1-7,12-18H2,(H,26,28). The van der Waals surface area contributed by atoms with Crippen molar-refractivity contribution in [2.45, 2.75) is 82.1 Å². The number of likely N-dealkylation sites (tertiary alicyclic amines) is 1. The summed E-state index contributed by atoms with van der Waals surface area (Å²) in [5.41, 5.74) is 0.533. The van der Waals surface area contributed by atoms with Crippen molar-refractivity contribution in [3.05, 3.63) is 35.6 Å². The van der Waals surface area contributed by atoms with Crippen molar-refractivity contribution in [2.24, 2.45) is 5.92 Å². The van der Waals surface area contributed by atoms with Crippen LogP contribution in [0.1, 0.15) is 76.2 Å². The largest absolute Gasteiger partial charge is 0.353 e. The second-order valence-corrected chi connectivity index (χ2v) is 9.35. The van der Waals surface area contributed by atoms with E-state index in [9.17, 15) is 9.18 Å². The molecule has 1 aromatic rings. The van der Waals surface area contributed by atoms with E-state index in [1.807, 2.05) is 12.1 Å². The number of piperidine rings is 1. The van der Waals surface area contributed by atoms with Crippen molar-refractivity contribution in [3.8, 4) is 0 Å². The number of nitrogens with zero attached hydrogens (tertiary/aromatic N) is 1. The van der Waals surface area contributed by atoms with Crippen molar-refractivity contribution in [3.63, 3.8) is 0 Å². The zero-order chi connectivity index (χ0) is 19.4. The predicted octanol–water partition coefficient (Wildman–Crippen LogP) is 4.80. The van der Waals surface area contributed by atoms with Crippen LogP contribution in [-0.2, 0) is 10.2 Å². The van der Waals surface area contributed by atoms with Crippen LogP contribution in [0, 0.1) is 11.7 Å². The van der Waals surface area contributed by atoms with E-state index >= 15 is 0 Å². The quantitative estimate of drug-likeness (QED) is 0.788. The predicted molar refractivity (Wildman–Crippen MR) is 111 cm³/mol. The Morgan fingerprint density at radius 2 is 1.61 bits per heavy atom. The van der Waals surface area contributed by atoms with Gasteiger partial charge < -0.3 is 10.2 Å². The van der Waals surface area contributed by atoms with Crippen LogP contribution in [0.15, 0.2) is 24.3 Å². The lowest BCUT2D eigenvalue weighted by molar-refractivity contribution is -0.127. The third-order valence-electron chi connectivity index (χ3n) is 7.45. The Kier molecular flexibility index (Phi) is 6.35. The van der Waals surface area contributed by atoms with E-state index in [1.165, 1.54) is 50.8 Å². The van der Waals surface area contributed by atoms with Gasteiger partial charge in [0.25, 0.3) is 0 Å². The average molecular weight is 387 g/mol. The van der Waals surface area contributed by atoms with E-state index in [1.54, 1.807) is 0 Å². The van der Waals surface area contributed by atoms with E-state index in [-0.39, 0.29) is 17.8 Å². The monoisotopic (exact) mass is 386 g/mol. The summed E-state index contributed by atoms with van der Waals surface area (Å²) in [6, 6.07) is 6.90. The van der Waals surface area contributed by atoms with E-state index in [4.69, 9.17) is 0 Å². The SMILES string of the molecule is O=C(NC1CCN(CC2CCCCC2)CC1)C1(c2ccc(F)cc2)CCCC1. The van der Waals surface area contributed by atoms with Gasteiger partial charge in [-0.2, -0.15) is 0 Å². The molecule has 28 heavy (non-hydrogen) atoms. The molecule has 2 aliphatic carbocycles. The fraction of sp³-hybridized carbons (Fsp3) is 0.708. The zero-order valence-electron chi connectivity index (χ0n) is 17.1. The molecule has 0 radical (unpaired) electrons. The molecule has 1 N–H and O–H groups in total. The van der Waals surface area contributed by atoms with Gasteiger partial charge in [0.2, 0.25) is 5.91 Å². The molecule has 1 saturated heterocycles. The second-order valence-electron chi connectivity index (χ2n) is 9.35.